The summed E-state index contributed by atoms with van der Waals surface area (Å²) in [5.41, 5.74) is 1.48. The molecule has 106 valence electrons. The summed E-state index contributed by atoms with van der Waals surface area (Å²) in [5, 5.41) is 8.13. The maximum atomic E-state index is 12.3. The van der Waals surface area contributed by atoms with E-state index in [2.05, 4.69) is 0 Å². The molecule has 0 bridgehead atoms. The molecule has 1 aromatic carbocycles. The number of thioether (sulfide) groups is 1. The van der Waals surface area contributed by atoms with Gasteiger partial charge in [0.1, 0.15) is 0 Å². The minimum absolute atomic E-state index is 0.00694. The number of para-hydroxylation sites is 1. The van der Waals surface area contributed by atoms with Crippen molar-refractivity contribution in [1.29, 1.82) is 0 Å². The fraction of sp³-hybridized carbons (Fsp3) is 0.357. The molecule has 1 aliphatic rings. The predicted molar refractivity (Wildman–Crippen MR) is 76.8 cm³/mol. The van der Waals surface area contributed by atoms with Crippen LogP contribution in [0.15, 0.2) is 24.3 Å². The minimum atomic E-state index is -0.898. The van der Waals surface area contributed by atoms with Gasteiger partial charge in [0.25, 0.3) is 0 Å². The zero-order chi connectivity index (χ0) is 14.7. The molecule has 0 spiro atoms. The number of carboxylic acids is 1. The summed E-state index contributed by atoms with van der Waals surface area (Å²) in [4.78, 5) is 36.0. The smallest absolute Gasteiger partial charge is 0.304 e. The molecule has 1 unspecified atom stereocenters. The largest absolute Gasteiger partial charge is 0.481 e. The second kappa shape index (κ2) is 6.09. The standard InChI is InChI=1S/C14H15NO4S/c1-9-4-2-3-5-10(9)15-12(16)8-11(14(15)19)20-7-6-13(17)18/h2-5,11H,6-8H2,1H3,(H,17,18). The molecule has 6 heteroatoms. The van der Waals surface area contributed by atoms with Crippen LogP contribution in [-0.4, -0.2) is 33.9 Å². The van der Waals surface area contributed by atoms with Crippen molar-refractivity contribution in [2.24, 2.45) is 0 Å². The van der Waals surface area contributed by atoms with Crippen molar-refractivity contribution in [3.05, 3.63) is 29.8 Å². The van der Waals surface area contributed by atoms with Gasteiger partial charge in [-0.1, -0.05) is 18.2 Å². The van der Waals surface area contributed by atoms with Gasteiger partial charge in [0.2, 0.25) is 11.8 Å². The number of amides is 2. The molecule has 5 nitrogen and oxygen atoms in total. The van der Waals surface area contributed by atoms with E-state index in [1.807, 2.05) is 19.1 Å². The average Bonchev–Trinajstić information content (AvgIpc) is 2.65. The normalized spacial score (nSPS) is 18.6. The van der Waals surface area contributed by atoms with Crippen molar-refractivity contribution in [3.63, 3.8) is 0 Å². The van der Waals surface area contributed by atoms with Crippen molar-refractivity contribution in [2.45, 2.75) is 25.0 Å². The fourth-order valence-electron chi connectivity index (χ4n) is 2.09. The Morgan fingerprint density at radius 2 is 2.10 bits per heavy atom. The van der Waals surface area contributed by atoms with Gasteiger partial charge in [0, 0.05) is 12.2 Å². The number of rotatable bonds is 5. The summed E-state index contributed by atoms with van der Waals surface area (Å²) in [7, 11) is 0. The molecule has 0 radical (unpaired) electrons. The Kier molecular flexibility index (Phi) is 4.44. The van der Waals surface area contributed by atoms with E-state index in [4.69, 9.17) is 5.11 Å². The van der Waals surface area contributed by atoms with E-state index >= 15 is 0 Å². The molecule has 20 heavy (non-hydrogen) atoms. The maximum absolute atomic E-state index is 12.3. The molecule has 1 aromatic rings. The molecule has 1 atom stereocenters. The molecule has 1 fully saturated rings. The molecule has 2 amide bonds. The Labute approximate surface area is 121 Å². The third-order valence-corrected chi connectivity index (χ3v) is 4.31. The number of carbonyl (C=O) groups is 3. The van der Waals surface area contributed by atoms with Crippen molar-refractivity contribution in [1.82, 2.24) is 0 Å². The van der Waals surface area contributed by atoms with Crippen LogP contribution in [0, 0.1) is 6.92 Å². The van der Waals surface area contributed by atoms with Crippen LogP contribution in [-0.2, 0) is 14.4 Å². The second-order valence-electron chi connectivity index (χ2n) is 4.56. The SMILES string of the molecule is Cc1ccccc1N1C(=O)CC(SCCC(=O)O)C1=O. The number of aliphatic carboxylic acids is 1. The Hall–Kier alpha value is -1.82. The summed E-state index contributed by atoms with van der Waals surface area (Å²) >= 11 is 1.24. The summed E-state index contributed by atoms with van der Waals surface area (Å²) in [6.07, 6.45) is 0.129. The van der Waals surface area contributed by atoms with Crippen LogP contribution in [0.3, 0.4) is 0 Å². The van der Waals surface area contributed by atoms with Gasteiger partial charge < -0.3 is 5.11 Å². The molecule has 0 aromatic heterocycles. The van der Waals surface area contributed by atoms with Crippen LogP contribution in [0.1, 0.15) is 18.4 Å². The lowest BCUT2D eigenvalue weighted by Gasteiger charge is -2.17. The zero-order valence-corrected chi connectivity index (χ0v) is 11.9. The van der Waals surface area contributed by atoms with Crippen molar-refractivity contribution in [3.8, 4) is 0 Å². The lowest BCUT2D eigenvalue weighted by atomic mass is 10.2. The first-order valence-corrected chi connectivity index (χ1v) is 7.31. The molecule has 1 saturated heterocycles. The molecule has 2 rings (SSSR count). The van der Waals surface area contributed by atoms with E-state index in [1.54, 1.807) is 12.1 Å². The van der Waals surface area contributed by atoms with Crippen LogP contribution in [0.2, 0.25) is 0 Å². The van der Waals surface area contributed by atoms with Crippen LogP contribution >= 0.6 is 11.8 Å². The summed E-state index contributed by atoms with van der Waals surface area (Å²) < 4.78 is 0. The van der Waals surface area contributed by atoms with Gasteiger partial charge in [-0.15, -0.1) is 11.8 Å². The summed E-state index contributed by atoms with van der Waals surface area (Å²) in [6, 6.07) is 7.23. The summed E-state index contributed by atoms with van der Waals surface area (Å²) in [5.74, 6) is -1.04. The van der Waals surface area contributed by atoms with Gasteiger partial charge in [-0.2, -0.15) is 0 Å². The van der Waals surface area contributed by atoms with E-state index < -0.39 is 11.2 Å². The predicted octanol–water partition coefficient (Wildman–Crippen LogP) is 1.83. The Morgan fingerprint density at radius 3 is 2.75 bits per heavy atom. The maximum Gasteiger partial charge on any atom is 0.304 e. The van der Waals surface area contributed by atoms with Gasteiger partial charge in [0.15, 0.2) is 0 Å². The monoisotopic (exact) mass is 293 g/mol. The average molecular weight is 293 g/mol. The van der Waals surface area contributed by atoms with E-state index in [9.17, 15) is 14.4 Å². The van der Waals surface area contributed by atoms with Crippen molar-refractivity contribution < 1.29 is 19.5 Å². The Morgan fingerprint density at radius 1 is 1.40 bits per heavy atom. The molecule has 0 saturated carbocycles. The number of benzene rings is 1. The number of hydrogen-bond donors (Lipinski definition) is 1. The van der Waals surface area contributed by atoms with Crippen LogP contribution in [0.4, 0.5) is 5.69 Å². The zero-order valence-electron chi connectivity index (χ0n) is 11.0. The number of imide groups is 1. The molecular formula is C14H15NO4S. The lowest BCUT2D eigenvalue weighted by Crippen LogP contribution is -2.31. The first kappa shape index (κ1) is 14.6. The first-order valence-electron chi connectivity index (χ1n) is 6.26. The second-order valence-corrected chi connectivity index (χ2v) is 5.87. The van der Waals surface area contributed by atoms with E-state index in [1.165, 1.54) is 16.7 Å². The van der Waals surface area contributed by atoms with Gasteiger partial charge in [0.05, 0.1) is 17.4 Å². The highest BCUT2D eigenvalue weighted by Crippen LogP contribution is 2.31. The number of hydrogen-bond acceptors (Lipinski definition) is 4. The molecule has 1 aliphatic heterocycles. The van der Waals surface area contributed by atoms with Crippen LogP contribution < -0.4 is 4.90 Å². The number of carboxylic acid groups (broad SMARTS) is 1. The van der Waals surface area contributed by atoms with Gasteiger partial charge in [-0.3, -0.25) is 14.4 Å². The highest BCUT2D eigenvalue weighted by molar-refractivity contribution is 8.00. The van der Waals surface area contributed by atoms with Gasteiger partial charge in [-0.05, 0) is 18.6 Å². The van der Waals surface area contributed by atoms with Crippen molar-refractivity contribution in [2.75, 3.05) is 10.7 Å². The number of nitrogens with zero attached hydrogens (tertiary/aromatic N) is 1. The van der Waals surface area contributed by atoms with E-state index in [-0.39, 0.29) is 24.7 Å². The lowest BCUT2D eigenvalue weighted by molar-refractivity contribution is -0.136. The highest BCUT2D eigenvalue weighted by atomic mass is 32.2. The fourth-order valence-corrected chi connectivity index (χ4v) is 3.18. The molecule has 0 aliphatic carbocycles. The minimum Gasteiger partial charge on any atom is -0.481 e. The van der Waals surface area contributed by atoms with Crippen molar-refractivity contribution >= 4 is 35.2 Å². The first-order chi connectivity index (χ1) is 9.50. The van der Waals surface area contributed by atoms with Crippen LogP contribution in [0.25, 0.3) is 0 Å². The highest BCUT2D eigenvalue weighted by Gasteiger charge is 2.40. The number of aryl methyl sites for hydroxylation is 1. The molecular weight excluding hydrogens is 278 g/mol. The van der Waals surface area contributed by atoms with Gasteiger partial charge in [-0.25, -0.2) is 4.90 Å². The third kappa shape index (κ3) is 3.01. The quantitative estimate of drug-likeness (QED) is 0.838. The molecule has 1 heterocycles. The Bertz CT molecular complexity index is 558. The van der Waals surface area contributed by atoms with Gasteiger partial charge >= 0.3 is 5.97 Å². The number of anilines is 1. The Balaban J connectivity index is 2.09. The number of carbonyl (C=O) groups excluding carboxylic acids is 2. The van der Waals surface area contributed by atoms with Crippen LogP contribution in [0.5, 0.6) is 0 Å². The van der Waals surface area contributed by atoms with E-state index in [0.29, 0.717) is 11.4 Å². The topological polar surface area (TPSA) is 74.7 Å². The molecule has 1 N–H and O–H groups in total. The summed E-state index contributed by atoms with van der Waals surface area (Å²) in [6.45, 7) is 1.85. The third-order valence-electron chi connectivity index (χ3n) is 3.10. The van der Waals surface area contributed by atoms with E-state index in [0.717, 1.165) is 5.56 Å².